The summed E-state index contributed by atoms with van der Waals surface area (Å²) in [6.45, 7) is 2.95. The average molecular weight is 1050 g/mol. The van der Waals surface area contributed by atoms with Crippen LogP contribution in [-0.4, -0.2) is 160 Å². The van der Waals surface area contributed by atoms with Gasteiger partial charge in [0.1, 0.15) is 48.0 Å². The van der Waals surface area contributed by atoms with Gasteiger partial charge in [0.05, 0.1) is 19.0 Å². The van der Waals surface area contributed by atoms with Crippen LogP contribution >= 0.6 is 21.6 Å². The number of hydrogen-bond acceptors (Lipinski definition) is 16. The Kier molecular flexibility index (Phi) is 24.3. The van der Waals surface area contributed by atoms with Crippen LogP contribution in [-0.2, 0) is 59.2 Å². The lowest BCUT2D eigenvalue weighted by molar-refractivity contribution is -0.142. The molecule has 29 heteroatoms. The number of rotatable bonds is 19. The van der Waals surface area contributed by atoms with Crippen molar-refractivity contribution in [3.63, 3.8) is 0 Å². The van der Waals surface area contributed by atoms with Crippen molar-refractivity contribution >= 4 is 92.5 Å². The molecule has 11 amide bonds. The third-order valence-corrected chi connectivity index (χ3v) is 14.0. The number of amides is 11. The molecule has 0 bridgehead atoms. The van der Waals surface area contributed by atoms with E-state index < -0.39 is 145 Å². The monoisotopic (exact) mass is 1050 g/mol. The fourth-order valence-electron chi connectivity index (χ4n) is 7.41. The Hall–Kier alpha value is -6.88. The number of likely N-dealkylation sites (tertiary alicyclic amines) is 1. The lowest BCUT2D eigenvalue weighted by atomic mass is 9.96. The zero-order chi connectivity index (χ0) is 53.7. The van der Waals surface area contributed by atoms with Gasteiger partial charge in [0, 0.05) is 37.4 Å². The van der Waals surface area contributed by atoms with Gasteiger partial charge in [0.2, 0.25) is 65.0 Å². The molecule has 0 aliphatic carbocycles. The van der Waals surface area contributed by atoms with Crippen LogP contribution in [0.3, 0.4) is 0 Å². The highest BCUT2D eigenvalue weighted by Crippen LogP contribution is 2.26. The summed E-state index contributed by atoms with van der Waals surface area (Å²) in [5.41, 5.74) is 33.7. The van der Waals surface area contributed by atoms with E-state index in [4.69, 9.17) is 34.4 Å². The number of carbonyl (C=O) groups excluding carboxylic acids is 11. The number of guanidine groups is 1. The van der Waals surface area contributed by atoms with E-state index in [1.165, 1.54) is 29.2 Å². The highest BCUT2D eigenvalue weighted by Gasteiger charge is 2.41. The third kappa shape index (κ3) is 19.7. The molecule has 3 rings (SSSR count). The lowest BCUT2D eigenvalue weighted by Gasteiger charge is -2.31. The van der Waals surface area contributed by atoms with Gasteiger partial charge in [0.25, 0.3) is 0 Å². The van der Waals surface area contributed by atoms with Crippen molar-refractivity contribution in [3.8, 4) is 5.75 Å². The van der Waals surface area contributed by atoms with Gasteiger partial charge in [-0.1, -0.05) is 54.0 Å². The highest BCUT2D eigenvalue weighted by atomic mass is 33.1. The number of phenols is 1. The molecule has 2 fully saturated rings. The number of nitrogens with two attached hydrogens (primary N) is 6. The van der Waals surface area contributed by atoms with Crippen LogP contribution in [0.25, 0.3) is 0 Å². The molecular weight excluding hydrogens is 983 g/mol. The molecule has 1 aromatic rings. The quantitative estimate of drug-likeness (QED) is 0.0266. The topological polar surface area (TPSA) is 464 Å². The predicted octanol–water partition coefficient (Wildman–Crippen LogP) is -5.60. The van der Waals surface area contributed by atoms with E-state index in [1.807, 2.05) is 0 Å². The molecule has 72 heavy (non-hydrogen) atoms. The van der Waals surface area contributed by atoms with E-state index in [2.05, 4.69) is 42.2 Å². The molecule has 2 aliphatic heterocycles. The van der Waals surface area contributed by atoms with Gasteiger partial charge in [-0.25, -0.2) is 0 Å². The van der Waals surface area contributed by atoms with Gasteiger partial charge >= 0.3 is 0 Å². The number of aliphatic imine (C=N–C) groups is 1. The van der Waals surface area contributed by atoms with E-state index in [9.17, 15) is 57.8 Å². The van der Waals surface area contributed by atoms with Crippen LogP contribution in [0.4, 0.5) is 0 Å². The molecule has 0 radical (unpaired) electrons. The lowest BCUT2D eigenvalue weighted by Crippen LogP contribution is -2.61. The number of hydrogen-bond donors (Lipinski definition) is 14. The molecule has 2 aliphatic rings. The number of nitrogens with one attached hydrogen (secondary N) is 7. The first kappa shape index (κ1) is 59.4. The fourth-order valence-corrected chi connectivity index (χ4v) is 9.69. The van der Waals surface area contributed by atoms with Gasteiger partial charge in [-0.05, 0) is 55.7 Å². The minimum Gasteiger partial charge on any atom is -0.508 e. The summed E-state index contributed by atoms with van der Waals surface area (Å²) in [5, 5.41) is 27.6. The molecule has 27 nitrogen and oxygen atoms in total. The molecule has 0 spiro atoms. The Morgan fingerprint density at radius 3 is 2.06 bits per heavy atom. The number of phenolic OH excluding ortho intramolecular Hbond substituents is 1. The van der Waals surface area contributed by atoms with Crippen molar-refractivity contribution in [3.05, 3.63) is 29.8 Å². The Morgan fingerprint density at radius 2 is 1.43 bits per heavy atom. The molecule has 0 unspecified atom stereocenters. The smallest absolute Gasteiger partial charge is 0.246 e. The summed E-state index contributed by atoms with van der Waals surface area (Å²) in [7, 11) is 2.00. The maximum atomic E-state index is 14.5. The van der Waals surface area contributed by atoms with Gasteiger partial charge < -0.3 is 81.6 Å². The number of nitrogens with zero attached hydrogens (tertiary/aromatic N) is 2. The number of carbonyl (C=O) groups is 11. The van der Waals surface area contributed by atoms with Gasteiger partial charge in [-0.15, -0.1) is 0 Å². The zero-order valence-corrected chi connectivity index (χ0v) is 41.7. The summed E-state index contributed by atoms with van der Waals surface area (Å²) in [4.78, 5) is 152. The largest absolute Gasteiger partial charge is 0.508 e. The molecule has 9 atom stereocenters. The molecule has 20 N–H and O–H groups in total. The van der Waals surface area contributed by atoms with Gasteiger partial charge in [-0.3, -0.25) is 57.7 Å². The number of benzene rings is 1. The molecule has 2 saturated heterocycles. The summed E-state index contributed by atoms with van der Waals surface area (Å²) < 4.78 is 0. The van der Waals surface area contributed by atoms with E-state index in [0.29, 0.717) is 18.4 Å². The second-order valence-corrected chi connectivity index (χ2v) is 19.8. The predicted molar refractivity (Wildman–Crippen MR) is 265 cm³/mol. The highest BCUT2D eigenvalue weighted by molar-refractivity contribution is 8.76. The second-order valence-electron chi connectivity index (χ2n) is 17.2. The fraction of sp³-hybridized carbons (Fsp3) is 0.581. The molecule has 1 aromatic carbocycles. The molecule has 0 saturated carbocycles. The average Bonchev–Trinajstić information content (AvgIpc) is 3.82. The summed E-state index contributed by atoms with van der Waals surface area (Å²) >= 11 is 0. The van der Waals surface area contributed by atoms with Crippen LogP contribution in [0.5, 0.6) is 5.75 Å². The van der Waals surface area contributed by atoms with Crippen molar-refractivity contribution in [2.75, 3.05) is 31.1 Å². The summed E-state index contributed by atoms with van der Waals surface area (Å²) in [6, 6.07) is -5.40. The van der Waals surface area contributed by atoms with Crippen molar-refractivity contribution in [2.24, 2.45) is 45.3 Å². The van der Waals surface area contributed by atoms with Crippen molar-refractivity contribution < 1.29 is 57.8 Å². The maximum absolute atomic E-state index is 14.5. The molecule has 398 valence electrons. The Balaban J connectivity index is 2.04. The first-order valence-corrected chi connectivity index (χ1v) is 25.6. The van der Waals surface area contributed by atoms with E-state index in [-0.39, 0.29) is 62.0 Å². The first-order chi connectivity index (χ1) is 34.0. The first-order valence-electron chi connectivity index (χ1n) is 23.1. The summed E-state index contributed by atoms with van der Waals surface area (Å²) in [5.74, 6) is -10.9. The van der Waals surface area contributed by atoms with Crippen molar-refractivity contribution in [1.29, 1.82) is 0 Å². The van der Waals surface area contributed by atoms with Crippen LogP contribution in [0.1, 0.15) is 70.8 Å². The number of primary amides is 3. The zero-order valence-electron chi connectivity index (χ0n) is 40.0. The van der Waals surface area contributed by atoms with E-state index in [0.717, 1.165) is 21.6 Å². The Bertz CT molecular complexity index is 2170. The van der Waals surface area contributed by atoms with Gasteiger partial charge in [0.15, 0.2) is 5.96 Å². The molecule has 0 aromatic heterocycles. The van der Waals surface area contributed by atoms with Crippen LogP contribution in [0.15, 0.2) is 29.3 Å². The summed E-state index contributed by atoms with van der Waals surface area (Å²) in [6.07, 6.45) is -0.813. The minimum atomic E-state index is -1.78. The van der Waals surface area contributed by atoms with Crippen molar-refractivity contribution in [1.82, 2.24) is 42.1 Å². The van der Waals surface area contributed by atoms with Crippen molar-refractivity contribution in [2.45, 2.75) is 120 Å². The minimum absolute atomic E-state index is 0.00520. The van der Waals surface area contributed by atoms with Crippen LogP contribution in [0, 0.1) is 5.92 Å². The third-order valence-electron chi connectivity index (χ3n) is 11.5. The van der Waals surface area contributed by atoms with Crippen LogP contribution in [0.2, 0.25) is 0 Å². The normalized spacial score (nSPS) is 23.6. The van der Waals surface area contributed by atoms with Gasteiger partial charge in [-0.2, -0.15) is 0 Å². The maximum Gasteiger partial charge on any atom is 0.246 e. The van der Waals surface area contributed by atoms with E-state index >= 15 is 0 Å². The second kappa shape index (κ2) is 29.5. The SMILES string of the molecule is CC[C@@H](C)[C@@H]1NC(=O)[C@H](Cc2ccc(O)cc2)NC(=O)[C@H](N)CSSC[C@H](C(=O)N2CCC[C@H]2C(=O)N[C@@H](CCCN=C(N)N)C(=O)NCC(N)=O)NC(=O)[C@H](CC(N)=O)NC(=O)[C@H](CCC(N)=O)NC1=O. The molecule has 2 heterocycles. The molecular formula is C43H67N15O12S2. The van der Waals surface area contributed by atoms with Crippen LogP contribution < -0.4 is 71.6 Å². The van der Waals surface area contributed by atoms with E-state index in [1.54, 1.807) is 13.8 Å². The number of aromatic hydroxyl groups is 1. The Labute approximate surface area is 423 Å². The standard InChI is InChI=1S/C43H67N15O12S2/c1-3-21(2)34-41(69)53-26(12-13-31(45)60)37(65)55-28(17-32(46)61)38(66)56-29(20-72-71-19-24(44)35(63)54-27(39(67)57-34)16-22-8-10-23(59)11-9-22)42(70)58-15-5-7-30(58)40(68)52-25(6-4-14-50-43(48)49)36(64)51-18-33(47)62/h8-11,21,24-30,34,59H,3-7,12-20,44H2,1-2H3,(H2,45,60)(H2,46,61)(H2,47,62)(H,51,64)(H,52,68)(H,53,69)(H,54,63)(H,55,65)(H,56,66)(H,57,67)(H4,48,49,50)/t21-,24-,25+,26+,27+,28+,29-,30+,34+/m1/s1. The Morgan fingerprint density at radius 1 is 0.806 bits per heavy atom.